The van der Waals surface area contributed by atoms with Crippen molar-refractivity contribution in [3.8, 4) is 0 Å². The largest absolute Gasteiger partial charge is 0.475 e. The van der Waals surface area contributed by atoms with Crippen LogP contribution in [0.25, 0.3) is 0 Å². The highest BCUT2D eigenvalue weighted by atomic mass is 35.5. The van der Waals surface area contributed by atoms with Crippen LogP contribution >= 0.6 is 19.4 Å². The number of ether oxygens (including phenoxy) is 1. The second kappa shape index (κ2) is 9.03. The maximum absolute atomic E-state index is 15.2. The van der Waals surface area contributed by atoms with E-state index in [4.69, 9.17) is 29.9 Å². The maximum atomic E-state index is 15.2. The molecule has 2 aliphatic rings. The summed E-state index contributed by atoms with van der Waals surface area (Å²) in [6.07, 6.45) is -4.54. The van der Waals surface area contributed by atoms with E-state index in [1.54, 1.807) is 0 Å². The Kier molecular flexibility index (Phi) is 6.62. The number of phosphoric acid groups is 1. The van der Waals surface area contributed by atoms with Gasteiger partial charge in [-0.2, -0.15) is 0 Å². The number of benzene rings is 1. The lowest BCUT2D eigenvalue weighted by Gasteiger charge is -2.30. The van der Waals surface area contributed by atoms with Gasteiger partial charge in [-0.15, -0.1) is 0 Å². The topological polar surface area (TPSA) is 129 Å². The van der Waals surface area contributed by atoms with Gasteiger partial charge < -0.3 is 9.84 Å². The van der Waals surface area contributed by atoms with Gasteiger partial charge in [0, 0.05) is 29.3 Å². The first-order valence-corrected chi connectivity index (χ1v) is 11.7. The molecule has 4 rings (SSSR count). The van der Waals surface area contributed by atoms with E-state index in [1.807, 2.05) is 4.98 Å². The number of hydrogen-bond donors (Lipinski definition) is 2. The molecule has 0 amide bonds. The van der Waals surface area contributed by atoms with Gasteiger partial charge in [0.15, 0.2) is 11.9 Å². The lowest BCUT2D eigenvalue weighted by molar-refractivity contribution is -0.0655. The van der Waals surface area contributed by atoms with Crippen LogP contribution in [0.3, 0.4) is 0 Å². The minimum Gasteiger partial charge on any atom is -0.387 e. The Morgan fingerprint density at radius 3 is 2.88 bits per heavy atom. The van der Waals surface area contributed by atoms with Crippen LogP contribution in [0.2, 0.25) is 5.02 Å². The van der Waals surface area contributed by atoms with E-state index in [-0.39, 0.29) is 23.6 Å². The van der Waals surface area contributed by atoms with Crippen LogP contribution in [-0.4, -0.2) is 45.7 Å². The zero-order valence-electron chi connectivity index (χ0n) is 17.2. The first-order valence-electron chi connectivity index (χ1n) is 9.86. The lowest BCUT2D eigenvalue weighted by atomic mass is 9.98. The van der Waals surface area contributed by atoms with Crippen LogP contribution < -0.4 is 11.2 Å². The van der Waals surface area contributed by atoms with Crippen molar-refractivity contribution in [1.29, 1.82) is 0 Å². The third kappa shape index (κ3) is 4.83. The Balaban J connectivity index is 1.48. The van der Waals surface area contributed by atoms with Crippen molar-refractivity contribution in [3.63, 3.8) is 0 Å². The number of H-pyrrole nitrogens is 1. The molecule has 1 aromatic heterocycles. The Morgan fingerprint density at radius 1 is 1.39 bits per heavy atom. The molecule has 0 unspecified atom stereocenters. The van der Waals surface area contributed by atoms with E-state index in [0.717, 1.165) is 29.8 Å². The fourth-order valence-electron chi connectivity index (χ4n) is 3.68. The van der Waals surface area contributed by atoms with E-state index in [9.17, 15) is 23.7 Å². The minimum atomic E-state index is -4.24. The van der Waals surface area contributed by atoms with Crippen molar-refractivity contribution in [2.24, 2.45) is 0 Å². The summed E-state index contributed by atoms with van der Waals surface area (Å²) in [4.78, 5) is 25.3. The van der Waals surface area contributed by atoms with E-state index in [0.29, 0.717) is 0 Å². The average Bonchev–Trinajstić information content (AvgIpc) is 2.97. The van der Waals surface area contributed by atoms with Crippen LogP contribution in [0, 0.1) is 5.82 Å². The van der Waals surface area contributed by atoms with Crippen molar-refractivity contribution >= 4 is 19.4 Å². The number of alkyl halides is 1. The van der Waals surface area contributed by atoms with Crippen molar-refractivity contribution < 1.29 is 36.8 Å². The van der Waals surface area contributed by atoms with Gasteiger partial charge in [-0.1, -0.05) is 11.6 Å². The molecule has 180 valence electrons. The zero-order valence-corrected chi connectivity index (χ0v) is 18.8. The molecule has 0 saturated carbocycles. The summed E-state index contributed by atoms with van der Waals surface area (Å²) in [5, 5.41) is 10.7. The molecular weight excluding hydrogens is 489 g/mol. The summed E-state index contributed by atoms with van der Waals surface area (Å²) in [6.45, 7) is 0.295. The van der Waals surface area contributed by atoms with Crippen LogP contribution in [0.4, 0.5) is 8.78 Å². The van der Waals surface area contributed by atoms with Crippen LogP contribution in [0.5, 0.6) is 0 Å². The normalized spacial score (nSPS) is 34.5. The Bertz CT molecular complexity index is 1200. The standard InChI is InChI=1S/C19H20ClF2N2O8P/c1-19(22)16(26)14(31-17(19)24-6-4-15(25)23-18(24)27)9-30-33(28)29-7-5-13(32-33)11-8-10(20)2-3-12(11)21/h2-4,6,8,13-14,16-17,26H,5,7,9H2,1H3,(H,23,25,27)/t13-,14-,16-,17-,19-,33-/m1/s1. The van der Waals surface area contributed by atoms with Crippen molar-refractivity contribution in [3.05, 3.63) is 67.7 Å². The van der Waals surface area contributed by atoms with Crippen LogP contribution in [0.1, 0.15) is 31.2 Å². The average molecular weight is 509 g/mol. The van der Waals surface area contributed by atoms with E-state index in [2.05, 4.69) is 0 Å². The highest BCUT2D eigenvalue weighted by Gasteiger charge is 2.56. The Hall–Kier alpha value is -1.92. The van der Waals surface area contributed by atoms with Gasteiger partial charge in [0.2, 0.25) is 0 Å². The molecule has 0 radical (unpaired) electrons. The van der Waals surface area contributed by atoms with Gasteiger partial charge in [-0.05, 0) is 25.1 Å². The number of nitrogens with zero attached hydrogens (tertiary/aromatic N) is 1. The van der Waals surface area contributed by atoms with Crippen LogP contribution in [0.15, 0.2) is 40.1 Å². The van der Waals surface area contributed by atoms with Gasteiger partial charge >= 0.3 is 13.5 Å². The fraction of sp³-hybridized carbons (Fsp3) is 0.474. The first-order chi connectivity index (χ1) is 15.5. The third-order valence-corrected chi connectivity index (χ3v) is 7.12. The molecule has 1 aromatic carbocycles. The van der Waals surface area contributed by atoms with Gasteiger partial charge in [0.1, 0.15) is 18.0 Å². The smallest absolute Gasteiger partial charge is 0.387 e. The monoisotopic (exact) mass is 508 g/mol. The summed E-state index contributed by atoms with van der Waals surface area (Å²) in [7, 11) is -4.24. The Labute approximate surface area is 190 Å². The molecular formula is C19H20ClF2N2O8P. The van der Waals surface area contributed by atoms with Gasteiger partial charge in [-0.25, -0.2) is 18.1 Å². The molecule has 3 heterocycles. The first kappa shape index (κ1) is 24.2. The number of aliphatic hydroxyl groups is 1. The van der Waals surface area contributed by atoms with Crippen molar-refractivity contribution in [1.82, 2.24) is 9.55 Å². The molecule has 0 spiro atoms. The zero-order chi connectivity index (χ0) is 24.0. The molecule has 2 saturated heterocycles. The van der Waals surface area contributed by atoms with Gasteiger partial charge in [0.05, 0.1) is 19.3 Å². The molecule has 6 atom stereocenters. The number of hydrogen-bond acceptors (Lipinski definition) is 8. The summed E-state index contributed by atoms with van der Waals surface area (Å²) in [6, 6.07) is 4.83. The SMILES string of the molecule is C[C@@]1(F)[C@H](O)[C@@H](CO[P@@]2(=O)OCC[C@H](c3cc(Cl)ccc3F)O2)O[C@H]1n1ccc(=O)[nH]c1=O. The van der Waals surface area contributed by atoms with Crippen molar-refractivity contribution in [2.45, 2.75) is 43.6 Å². The summed E-state index contributed by atoms with van der Waals surface area (Å²) in [5.74, 6) is -0.616. The molecule has 2 fully saturated rings. The highest BCUT2D eigenvalue weighted by molar-refractivity contribution is 7.48. The Morgan fingerprint density at radius 2 is 2.15 bits per heavy atom. The number of phosphoric ester groups is 1. The summed E-state index contributed by atoms with van der Waals surface area (Å²) < 4.78 is 64.3. The maximum Gasteiger partial charge on any atom is 0.475 e. The quantitative estimate of drug-likeness (QED) is 0.590. The predicted molar refractivity (Wildman–Crippen MR) is 110 cm³/mol. The second-order valence-corrected chi connectivity index (χ2v) is 9.82. The fourth-order valence-corrected chi connectivity index (χ4v) is 5.25. The molecule has 14 heteroatoms. The number of halogens is 3. The van der Waals surface area contributed by atoms with E-state index >= 15 is 4.39 Å². The molecule has 2 aliphatic heterocycles. The molecule has 0 aliphatic carbocycles. The predicted octanol–water partition coefficient (Wildman–Crippen LogP) is 2.62. The lowest BCUT2D eigenvalue weighted by Crippen LogP contribution is -2.43. The minimum absolute atomic E-state index is 0.0700. The van der Waals surface area contributed by atoms with E-state index < -0.39 is 61.7 Å². The molecule has 2 aromatic rings. The molecule has 10 nitrogen and oxygen atoms in total. The number of aromatic nitrogens is 2. The summed E-state index contributed by atoms with van der Waals surface area (Å²) in [5.41, 5.74) is -4.03. The number of nitrogens with one attached hydrogen (secondary N) is 1. The number of aliphatic hydroxyl groups excluding tert-OH is 1. The number of aromatic amines is 1. The van der Waals surface area contributed by atoms with Crippen molar-refractivity contribution in [2.75, 3.05) is 13.2 Å². The van der Waals surface area contributed by atoms with Crippen LogP contribution in [-0.2, 0) is 22.9 Å². The van der Waals surface area contributed by atoms with Gasteiger partial charge in [0.25, 0.3) is 5.56 Å². The third-order valence-electron chi connectivity index (χ3n) is 5.41. The molecule has 2 N–H and O–H groups in total. The molecule has 0 bridgehead atoms. The van der Waals surface area contributed by atoms with Gasteiger partial charge in [-0.3, -0.25) is 27.9 Å². The second-order valence-electron chi connectivity index (χ2n) is 7.77. The number of rotatable bonds is 5. The highest BCUT2D eigenvalue weighted by Crippen LogP contribution is 2.57. The molecule has 33 heavy (non-hydrogen) atoms. The van der Waals surface area contributed by atoms with E-state index in [1.165, 1.54) is 12.1 Å². The summed E-state index contributed by atoms with van der Waals surface area (Å²) >= 11 is 5.90.